The monoisotopic (exact) mass is 355 g/mol. The first-order chi connectivity index (χ1) is 11.0. The van der Waals surface area contributed by atoms with Crippen LogP contribution in [0.4, 0.5) is 0 Å². The molecule has 1 unspecified atom stereocenters. The average Bonchev–Trinajstić information content (AvgIpc) is 2.50. The first-order valence-electron chi connectivity index (χ1n) is 8.86. The first-order valence-corrected chi connectivity index (χ1v) is 10.3. The smallest absolute Gasteiger partial charge is 0.241 e. The summed E-state index contributed by atoms with van der Waals surface area (Å²) >= 11 is 0. The predicted molar refractivity (Wildman–Crippen MR) is 100 cm³/mol. The third kappa shape index (κ3) is 5.04. The second-order valence-electron chi connectivity index (χ2n) is 7.41. The summed E-state index contributed by atoms with van der Waals surface area (Å²) in [5.41, 5.74) is 2.86. The van der Waals surface area contributed by atoms with Gasteiger partial charge in [0.25, 0.3) is 0 Å². The maximum Gasteiger partial charge on any atom is 0.241 e. The van der Waals surface area contributed by atoms with Gasteiger partial charge >= 0.3 is 0 Å². The van der Waals surface area contributed by atoms with Crippen LogP contribution >= 0.6 is 0 Å². The molecule has 2 N–H and O–H groups in total. The summed E-state index contributed by atoms with van der Waals surface area (Å²) in [6.45, 7) is 14.2. The van der Waals surface area contributed by atoms with E-state index in [9.17, 15) is 13.5 Å². The van der Waals surface area contributed by atoms with E-state index in [1.807, 2.05) is 46.8 Å². The summed E-state index contributed by atoms with van der Waals surface area (Å²) in [6.07, 6.45) is -0.150. The van der Waals surface area contributed by atoms with Crippen molar-refractivity contribution >= 4 is 10.0 Å². The zero-order valence-corrected chi connectivity index (χ0v) is 16.9. The molecule has 5 heteroatoms. The Morgan fingerprint density at radius 3 is 1.75 bits per heavy atom. The molecule has 24 heavy (non-hydrogen) atoms. The van der Waals surface area contributed by atoms with Crippen LogP contribution in [0.3, 0.4) is 0 Å². The Morgan fingerprint density at radius 2 is 1.42 bits per heavy atom. The maximum absolute atomic E-state index is 13.0. The second-order valence-corrected chi connectivity index (χ2v) is 9.11. The molecule has 0 spiro atoms. The highest BCUT2D eigenvalue weighted by Crippen LogP contribution is 2.34. The van der Waals surface area contributed by atoms with E-state index in [4.69, 9.17) is 0 Å². The molecule has 0 amide bonds. The molecule has 1 atom stereocenters. The molecule has 138 valence electrons. The fourth-order valence-corrected chi connectivity index (χ4v) is 4.39. The van der Waals surface area contributed by atoms with E-state index in [1.165, 1.54) is 0 Å². The predicted octanol–water partition coefficient (Wildman–Crippen LogP) is 4.11. The molecule has 0 heterocycles. The lowest BCUT2D eigenvalue weighted by Crippen LogP contribution is -2.33. The second kappa shape index (κ2) is 8.45. The van der Waals surface area contributed by atoms with Crippen molar-refractivity contribution in [3.63, 3.8) is 0 Å². The lowest BCUT2D eigenvalue weighted by molar-refractivity contribution is 0.174. The van der Waals surface area contributed by atoms with Crippen molar-refractivity contribution in [3.05, 3.63) is 28.8 Å². The van der Waals surface area contributed by atoms with Crippen LogP contribution in [0.25, 0.3) is 0 Å². The quantitative estimate of drug-likeness (QED) is 0.737. The van der Waals surface area contributed by atoms with Crippen LogP contribution in [-0.4, -0.2) is 26.2 Å². The van der Waals surface area contributed by atoms with E-state index < -0.39 is 16.1 Å². The summed E-state index contributed by atoms with van der Waals surface area (Å²) in [7, 11) is -3.67. The van der Waals surface area contributed by atoms with Gasteiger partial charge in [0.15, 0.2) is 0 Å². The van der Waals surface area contributed by atoms with Gasteiger partial charge < -0.3 is 5.11 Å². The SMILES string of the molecule is CCC(O)CNS(=O)(=O)c1c(C(C)C)cc(C(C)C)cc1C(C)C. The fourth-order valence-electron chi connectivity index (χ4n) is 2.62. The van der Waals surface area contributed by atoms with Crippen LogP contribution in [0.15, 0.2) is 17.0 Å². The molecule has 0 aliphatic carbocycles. The van der Waals surface area contributed by atoms with Gasteiger partial charge in [0.1, 0.15) is 0 Å². The molecule has 0 aliphatic rings. The van der Waals surface area contributed by atoms with Gasteiger partial charge in [-0.05, 0) is 40.9 Å². The van der Waals surface area contributed by atoms with Gasteiger partial charge in [-0.15, -0.1) is 0 Å². The highest BCUT2D eigenvalue weighted by molar-refractivity contribution is 7.89. The number of rotatable bonds is 8. The van der Waals surface area contributed by atoms with Gasteiger partial charge in [0.2, 0.25) is 10.0 Å². The van der Waals surface area contributed by atoms with E-state index in [1.54, 1.807) is 0 Å². The molecule has 1 rings (SSSR count). The van der Waals surface area contributed by atoms with E-state index in [0.29, 0.717) is 17.2 Å². The van der Waals surface area contributed by atoms with Gasteiger partial charge in [0, 0.05) is 6.54 Å². The van der Waals surface area contributed by atoms with Crippen LogP contribution in [0.2, 0.25) is 0 Å². The highest BCUT2D eigenvalue weighted by atomic mass is 32.2. The van der Waals surface area contributed by atoms with Crippen molar-refractivity contribution in [2.45, 2.75) is 83.6 Å². The van der Waals surface area contributed by atoms with Crippen LogP contribution in [0.1, 0.15) is 89.3 Å². The third-order valence-corrected chi connectivity index (χ3v) is 5.88. The van der Waals surface area contributed by atoms with Gasteiger partial charge in [-0.1, -0.05) is 60.6 Å². The minimum absolute atomic E-state index is 0.0415. The van der Waals surface area contributed by atoms with Crippen LogP contribution in [0.5, 0.6) is 0 Å². The molecule has 0 radical (unpaired) electrons. The third-order valence-electron chi connectivity index (χ3n) is 4.33. The number of hydrogen-bond donors (Lipinski definition) is 2. The first kappa shape index (κ1) is 21.1. The van der Waals surface area contributed by atoms with Crippen molar-refractivity contribution < 1.29 is 13.5 Å². The number of benzene rings is 1. The van der Waals surface area contributed by atoms with Crippen LogP contribution < -0.4 is 4.72 Å². The molecule has 0 fully saturated rings. The Kier molecular flexibility index (Phi) is 7.44. The van der Waals surface area contributed by atoms with Crippen molar-refractivity contribution in [1.29, 1.82) is 0 Å². The van der Waals surface area contributed by atoms with Crippen molar-refractivity contribution in [2.24, 2.45) is 0 Å². The lowest BCUT2D eigenvalue weighted by atomic mass is 9.89. The largest absolute Gasteiger partial charge is 0.392 e. The fraction of sp³-hybridized carbons (Fsp3) is 0.684. The summed E-state index contributed by atoms with van der Waals surface area (Å²) in [5, 5.41) is 9.72. The zero-order chi connectivity index (χ0) is 18.7. The summed E-state index contributed by atoms with van der Waals surface area (Å²) < 4.78 is 28.5. The minimum atomic E-state index is -3.67. The molecule has 0 aliphatic heterocycles. The molecule has 0 saturated heterocycles. The summed E-state index contributed by atoms with van der Waals surface area (Å²) in [6, 6.07) is 4.04. The van der Waals surface area contributed by atoms with Gasteiger partial charge in [0.05, 0.1) is 11.0 Å². The number of aliphatic hydroxyl groups excluding tert-OH is 1. The number of sulfonamides is 1. The average molecular weight is 356 g/mol. The molecule has 1 aromatic carbocycles. The molecule has 0 bridgehead atoms. The zero-order valence-electron chi connectivity index (χ0n) is 16.1. The standard InChI is InChI=1S/C19H33NO3S/c1-8-16(21)11-20-24(22,23)19-17(13(4)5)9-15(12(2)3)10-18(19)14(6)7/h9-10,12-14,16,20-21H,8,11H2,1-7H3. The van der Waals surface area contributed by atoms with Crippen molar-refractivity contribution in [1.82, 2.24) is 4.72 Å². The Bertz CT molecular complexity index is 620. The highest BCUT2D eigenvalue weighted by Gasteiger charge is 2.27. The normalized spacial score (nSPS) is 14.0. The molecular weight excluding hydrogens is 322 g/mol. The van der Waals surface area contributed by atoms with E-state index in [-0.39, 0.29) is 18.4 Å². The van der Waals surface area contributed by atoms with Gasteiger partial charge in [-0.3, -0.25) is 0 Å². The number of hydrogen-bond acceptors (Lipinski definition) is 3. The van der Waals surface area contributed by atoms with E-state index >= 15 is 0 Å². The molecule has 0 saturated carbocycles. The Morgan fingerprint density at radius 1 is 0.958 bits per heavy atom. The number of aliphatic hydroxyl groups is 1. The van der Waals surface area contributed by atoms with Crippen molar-refractivity contribution in [3.8, 4) is 0 Å². The van der Waals surface area contributed by atoms with Crippen molar-refractivity contribution in [2.75, 3.05) is 6.54 Å². The van der Waals surface area contributed by atoms with E-state index in [2.05, 4.69) is 18.6 Å². The Hall–Kier alpha value is -0.910. The molecular formula is C19H33NO3S. The van der Waals surface area contributed by atoms with Crippen LogP contribution in [0, 0.1) is 0 Å². The van der Waals surface area contributed by atoms with Gasteiger partial charge in [-0.25, -0.2) is 13.1 Å². The maximum atomic E-state index is 13.0. The number of nitrogens with one attached hydrogen (secondary N) is 1. The Labute approximate surface area is 147 Å². The summed E-state index contributed by atoms with van der Waals surface area (Å²) in [4.78, 5) is 0.389. The van der Waals surface area contributed by atoms with Gasteiger partial charge in [-0.2, -0.15) is 0 Å². The van der Waals surface area contributed by atoms with E-state index in [0.717, 1.165) is 16.7 Å². The summed E-state index contributed by atoms with van der Waals surface area (Å²) in [5.74, 6) is 0.541. The lowest BCUT2D eigenvalue weighted by Gasteiger charge is -2.23. The minimum Gasteiger partial charge on any atom is -0.392 e. The Balaban J connectivity index is 3.53. The molecule has 0 aromatic heterocycles. The topological polar surface area (TPSA) is 66.4 Å². The molecule has 1 aromatic rings. The molecule has 4 nitrogen and oxygen atoms in total. The van der Waals surface area contributed by atoms with Crippen LogP contribution in [-0.2, 0) is 10.0 Å².